The molecule has 108 valence electrons. The van der Waals surface area contributed by atoms with E-state index in [0.717, 1.165) is 17.0 Å². The minimum Gasteiger partial charge on any atom is -0.261 e. The van der Waals surface area contributed by atoms with Crippen molar-refractivity contribution in [1.82, 2.24) is 9.97 Å². The second-order valence-corrected chi connectivity index (χ2v) is 6.42. The molecule has 0 atom stereocenters. The second kappa shape index (κ2) is 4.51. The summed E-state index contributed by atoms with van der Waals surface area (Å²) in [6, 6.07) is 14.9. The maximum atomic E-state index is 4.72. The van der Waals surface area contributed by atoms with Crippen molar-refractivity contribution in [1.29, 1.82) is 0 Å². The molecule has 22 heavy (non-hydrogen) atoms. The van der Waals surface area contributed by atoms with Gasteiger partial charge < -0.3 is 0 Å². The van der Waals surface area contributed by atoms with Gasteiger partial charge in [-0.05, 0) is 47.4 Å². The lowest BCUT2D eigenvalue weighted by Gasteiger charge is -2.20. The Balaban J connectivity index is 1.97. The largest absolute Gasteiger partial charge is 0.261 e. The summed E-state index contributed by atoms with van der Waals surface area (Å²) in [4.78, 5) is 9.10. The molecule has 2 heterocycles. The van der Waals surface area contributed by atoms with E-state index in [1.807, 2.05) is 25.4 Å². The van der Waals surface area contributed by atoms with Gasteiger partial charge in [0.1, 0.15) is 0 Å². The van der Waals surface area contributed by atoms with Gasteiger partial charge in [-0.2, -0.15) is 0 Å². The summed E-state index contributed by atoms with van der Waals surface area (Å²) in [5.74, 6) is 0. The van der Waals surface area contributed by atoms with Gasteiger partial charge in [-0.3, -0.25) is 9.97 Å². The molecule has 2 aromatic heterocycles. The smallest absolute Gasteiger partial charge is 0.0726 e. The highest BCUT2D eigenvalue weighted by molar-refractivity contribution is 5.83. The lowest BCUT2D eigenvalue weighted by molar-refractivity contribution is 0.657. The summed E-state index contributed by atoms with van der Waals surface area (Å²) in [6.45, 7) is 6.57. The fourth-order valence-corrected chi connectivity index (χ4v) is 3.49. The molecule has 0 aliphatic heterocycles. The van der Waals surface area contributed by atoms with Gasteiger partial charge in [-0.1, -0.05) is 38.1 Å². The number of pyridine rings is 2. The van der Waals surface area contributed by atoms with Crippen molar-refractivity contribution < 1.29 is 0 Å². The Hall–Kier alpha value is -2.48. The van der Waals surface area contributed by atoms with E-state index in [9.17, 15) is 0 Å². The van der Waals surface area contributed by atoms with E-state index in [0.29, 0.717) is 0 Å². The normalized spacial score (nSPS) is 14.5. The van der Waals surface area contributed by atoms with Gasteiger partial charge in [-0.25, -0.2) is 0 Å². The van der Waals surface area contributed by atoms with Crippen LogP contribution in [0.4, 0.5) is 0 Å². The van der Waals surface area contributed by atoms with Crippen LogP contribution in [0.1, 0.15) is 30.7 Å². The van der Waals surface area contributed by atoms with E-state index < -0.39 is 0 Å². The van der Waals surface area contributed by atoms with Crippen molar-refractivity contribution >= 4 is 0 Å². The number of rotatable bonds is 1. The van der Waals surface area contributed by atoms with E-state index in [1.54, 1.807) is 0 Å². The van der Waals surface area contributed by atoms with Crippen molar-refractivity contribution in [3.8, 4) is 22.4 Å². The highest BCUT2D eigenvalue weighted by Crippen LogP contribution is 2.48. The minimum atomic E-state index is 0.0153. The van der Waals surface area contributed by atoms with Crippen LogP contribution in [0, 0.1) is 6.92 Å². The van der Waals surface area contributed by atoms with E-state index in [-0.39, 0.29) is 5.41 Å². The Morgan fingerprint density at radius 1 is 0.818 bits per heavy atom. The van der Waals surface area contributed by atoms with Crippen molar-refractivity contribution in [2.45, 2.75) is 26.2 Å². The third-order valence-corrected chi connectivity index (χ3v) is 4.75. The maximum absolute atomic E-state index is 4.72. The Morgan fingerprint density at radius 2 is 1.59 bits per heavy atom. The third kappa shape index (κ3) is 1.73. The van der Waals surface area contributed by atoms with E-state index in [2.05, 4.69) is 55.2 Å². The van der Waals surface area contributed by atoms with Crippen LogP contribution in [-0.4, -0.2) is 9.97 Å². The topological polar surface area (TPSA) is 25.8 Å². The number of aryl methyl sites for hydroxylation is 1. The molecular weight excluding hydrogens is 268 g/mol. The molecule has 1 aromatic carbocycles. The molecule has 0 saturated carbocycles. The molecular formula is C20H18N2. The zero-order chi connectivity index (χ0) is 15.3. The first kappa shape index (κ1) is 13.2. The van der Waals surface area contributed by atoms with Crippen LogP contribution in [0.5, 0.6) is 0 Å². The minimum absolute atomic E-state index is 0.0153. The molecule has 1 aliphatic carbocycles. The zero-order valence-electron chi connectivity index (χ0n) is 13.1. The molecule has 0 spiro atoms. The summed E-state index contributed by atoms with van der Waals surface area (Å²) >= 11 is 0. The molecule has 0 fully saturated rings. The first-order chi connectivity index (χ1) is 10.6. The molecule has 2 nitrogen and oxygen atoms in total. The monoisotopic (exact) mass is 286 g/mol. The first-order valence-electron chi connectivity index (χ1n) is 7.61. The van der Waals surface area contributed by atoms with Crippen molar-refractivity contribution in [2.24, 2.45) is 0 Å². The highest BCUT2D eigenvalue weighted by Gasteiger charge is 2.35. The van der Waals surface area contributed by atoms with E-state index >= 15 is 0 Å². The number of benzene rings is 1. The van der Waals surface area contributed by atoms with Crippen molar-refractivity contribution in [3.05, 3.63) is 71.7 Å². The Bertz CT molecular complexity index is 878. The summed E-state index contributed by atoms with van der Waals surface area (Å²) in [6.07, 6.45) is 3.86. The van der Waals surface area contributed by atoms with Crippen LogP contribution in [0.25, 0.3) is 22.4 Å². The van der Waals surface area contributed by atoms with Crippen molar-refractivity contribution in [3.63, 3.8) is 0 Å². The quantitative estimate of drug-likeness (QED) is 0.644. The molecule has 0 amide bonds. The SMILES string of the molecule is Cc1ncccc1-c1cc2c(cn1)C(C)(C)c1ccccc1-2. The molecule has 0 saturated heterocycles. The van der Waals surface area contributed by atoms with Gasteiger partial charge >= 0.3 is 0 Å². The summed E-state index contributed by atoms with van der Waals surface area (Å²) < 4.78 is 0. The standard InChI is InChI=1S/C20H18N2/c1-13-14(8-6-10-21-13)19-11-16-15-7-4-5-9-17(15)20(2,3)18(16)12-22-19/h4-12H,1-3H3. The third-order valence-electron chi connectivity index (χ3n) is 4.75. The predicted octanol–water partition coefficient (Wildman–Crippen LogP) is 4.76. The van der Waals surface area contributed by atoms with Crippen LogP contribution < -0.4 is 0 Å². The lowest BCUT2D eigenvalue weighted by Crippen LogP contribution is -2.15. The summed E-state index contributed by atoms with van der Waals surface area (Å²) in [5, 5.41) is 0. The number of hydrogen-bond donors (Lipinski definition) is 0. The Morgan fingerprint density at radius 3 is 2.41 bits per heavy atom. The molecule has 0 N–H and O–H groups in total. The summed E-state index contributed by atoms with van der Waals surface area (Å²) in [7, 11) is 0. The molecule has 0 bridgehead atoms. The second-order valence-electron chi connectivity index (χ2n) is 6.42. The van der Waals surface area contributed by atoms with Crippen LogP contribution in [0.3, 0.4) is 0 Å². The maximum Gasteiger partial charge on any atom is 0.0726 e. The number of fused-ring (bicyclic) bond motifs is 3. The average molecular weight is 286 g/mol. The van der Waals surface area contributed by atoms with Crippen LogP contribution in [0.15, 0.2) is 54.9 Å². The van der Waals surface area contributed by atoms with Gasteiger partial charge in [-0.15, -0.1) is 0 Å². The van der Waals surface area contributed by atoms with Crippen LogP contribution in [0.2, 0.25) is 0 Å². The van der Waals surface area contributed by atoms with E-state index in [4.69, 9.17) is 4.98 Å². The highest BCUT2D eigenvalue weighted by atomic mass is 14.7. The fraction of sp³-hybridized carbons (Fsp3) is 0.200. The fourth-order valence-electron chi connectivity index (χ4n) is 3.49. The van der Waals surface area contributed by atoms with Gasteiger partial charge in [0, 0.05) is 29.1 Å². The van der Waals surface area contributed by atoms with Crippen molar-refractivity contribution in [2.75, 3.05) is 0 Å². The van der Waals surface area contributed by atoms with Crippen LogP contribution in [-0.2, 0) is 5.41 Å². The number of hydrogen-bond acceptors (Lipinski definition) is 2. The molecule has 4 rings (SSSR count). The van der Waals surface area contributed by atoms with E-state index in [1.165, 1.54) is 22.3 Å². The molecule has 0 radical (unpaired) electrons. The molecule has 2 heteroatoms. The molecule has 3 aromatic rings. The first-order valence-corrected chi connectivity index (χ1v) is 7.61. The van der Waals surface area contributed by atoms with Gasteiger partial charge in [0.25, 0.3) is 0 Å². The van der Waals surface area contributed by atoms with Gasteiger partial charge in [0.05, 0.1) is 5.69 Å². The number of nitrogens with zero attached hydrogens (tertiary/aromatic N) is 2. The van der Waals surface area contributed by atoms with Gasteiger partial charge in [0.2, 0.25) is 0 Å². The van der Waals surface area contributed by atoms with Crippen LogP contribution >= 0.6 is 0 Å². The van der Waals surface area contributed by atoms with Gasteiger partial charge in [0.15, 0.2) is 0 Å². The Kier molecular flexibility index (Phi) is 2.70. The Labute approximate surface area is 130 Å². The average Bonchev–Trinajstić information content (AvgIpc) is 2.76. The molecule has 1 aliphatic rings. The molecule has 0 unspecified atom stereocenters. The predicted molar refractivity (Wildman–Crippen MR) is 89.8 cm³/mol. The summed E-state index contributed by atoms with van der Waals surface area (Å²) in [5.41, 5.74) is 8.44. The number of aromatic nitrogens is 2. The lowest BCUT2D eigenvalue weighted by atomic mass is 9.83. The zero-order valence-corrected chi connectivity index (χ0v) is 13.1.